The maximum absolute atomic E-state index is 12.4. The number of halogens is 1. The number of amides is 1. The summed E-state index contributed by atoms with van der Waals surface area (Å²) in [6.07, 6.45) is 0. The third-order valence-electron chi connectivity index (χ3n) is 3.19. The van der Waals surface area contributed by atoms with E-state index < -0.39 is 0 Å². The number of rotatable bonds is 2. The van der Waals surface area contributed by atoms with Crippen molar-refractivity contribution in [1.82, 2.24) is 0 Å². The summed E-state index contributed by atoms with van der Waals surface area (Å²) in [5, 5.41) is 3.25. The van der Waals surface area contributed by atoms with Crippen molar-refractivity contribution in [3.05, 3.63) is 57.6 Å². The van der Waals surface area contributed by atoms with Crippen LogP contribution >= 0.6 is 11.6 Å². The largest absolute Gasteiger partial charge is 0.398 e. The highest BCUT2D eigenvalue weighted by Crippen LogP contribution is 2.26. The van der Waals surface area contributed by atoms with Crippen LogP contribution in [0.3, 0.4) is 0 Å². The highest BCUT2D eigenvalue weighted by Gasteiger charge is 2.15. The zero-order valence-electron chi connectivity index (χ0n) is 11.8. The monoisotopic (exact) mass is 288 g/mol. The molecule has 0 saturated heterocycles. The molecule has 0 unspecified atom stereocenters. The Morgan fingerprint density at radius 2 is 1.75 bits per heavy atom. The van der Waals surface area contributed by atoms with Gasteiger partial charge in [-0.2, -0.15) is 0 Å². The van der Waals surface area contributed by atoms with Crippen LogP contribution < -0.4 is 11.1 Å². The van der Waals surface area contributed by atoms with Crippen molar-refractivity contribution in [2.24, 2.45) is 0 Å². The van der Waals surface area contributed by atoms with Crippen molar-refractivity contribution in [2.75, 3.05) is 11.1 Å². The standard InChI is InChI=1S/C16H17ClN2O/c1-9-7-10(2)15(11(3)8-9)19-16(20)14-12(17)5-4-6-13(14)18/h4-8H,18H2,1-3H3,(H,19,20). The lowest BCUT2D eigenvalue weighted by Gasteiger charge is -2.14. The lowest BCUT2D eigenvalue weighted by molar-refractivity contribution is 0.102. The summed E-state index contributed by atoms with van der Waals surface area (Å²) < 4.78 is 0. The Morgan fingerprint density at radius 1 is 1.15 bits per heavy atom. The number of hydrogen-bond donors (Lipinski definition) is 2. The van der Waals surface area contributed by atoms with Crippen LogP contribution in [0.4, 0.5) is 11.4 Å². The third kappa shape index (κ3) is 2.78. The van der Waals surface area contributed by atoms with Crippen molar-refractivity contribution >= 4 is 28.9 Å². The fraction of sp³-hybridized carbons (Fsp3) is 0.188. The first kappa shape index (κ1) is 14.4. The Bertz CT molecular complexity index is 637. The van der Waals surface area contributed by atoms with Gasteiger partial charge >= 0.3 is 0 Å². The van der Waals surface area contributed by atoms with E-state index in [0.717, 1.165) is 22.4 Å². The van der Waals surface area contributed by atoms with E-state index in [-0.39, 0.29) is 5.91 Å². The number of benzene rings is 2. The number of carbonyl (C=O) groups is 1. The molecule has 3 N–H and O–H groups in total. The number of nitrogens with one attached hydrogen (secondary N) is 1. The van der Waals surface area contributed by atoms with Gasteiger partial charge in [0.15, 0.2) is 0 Å². The molecule has 0 radical (unpaired) electrons. The average Bonchev–Trinajstić information content (AvgIpc) is 2.33. The molecular weight excluding hydrogens is 272 g/mol. The smallest absolute Gasteiger partial charge is 0.259 e. The Morgan fingerprint density at radius 3 is 2.30 bits per heavy atom. The van der Waals surface area contributed by atoms with Crippen LogP contribution in [0.25, 0.3) is 0 Å². The number of nitrogens with two attached hydrogens (primary N) is 1. The zero-order valence-corrected chi connectivity index (χ0v) is 12.5. The Balaban J connectivity index is 2.38. The molecule has 0 atom stereocenters. The number of aryl methyl sites for hydroxylation is 3. The molecule has 0 aliphatic heterocycles. The Labute approximate surface area is 123 Å². The lowest BCUT2D eigenvalue weighted by Crippen LogP contribution is -2.16. The normalized spacial score (nSPS) is 10.4. The molecule has 4 heteroatoms. The van der Waals surface area contributed by atoms with Gasteiger partial charge in [0.2, 0.25) is 0 Å². The summed E-state index contributed by atoms with van der Waals surface area (Å²) >= 11 is 6.05. The van der Waals surface area contributed by atoms with Crippen molar-refractivity contribution in [2.45, 2.75) is 20.8 Å². The Kier molecular flexibility index (Phi) is 4.00. The summed E-state index contributed by atoms with van der Waals surface area (Å²) in [5.41, 5.74) is 10.5. The molecule has 104 valence electrons. The summed E-state index contributed by atoms with van der Waals surface area (Å²) in [6, 6.07) is 9.09. The van der Waals surface area contributed by atoms with Gasteiger partial charge in [-0.15, -0.1) is 0 Å². The van der Waals surface area contributed by atoms with E-state index in [1.54, 1.807) is 18.2 Å². The van der Waals surface area contributed by atoms with Gasteiger partial charge in [0, 0.05) is 11.4 Å². The molecule has 0 spiro atoms. The summed E-state index contributed by atoms with van der Waals surface area (Å²) in [5.74, 6) is -0.289. The van der Waals surface area contributed by atoms with Gasteiger partial charge in [0.1, 0.15) is 0 Å². The highest BCUT2D eigenvalue weighted by molar-refractivity contribution is 6.35. The number of nitrogen functional groups attached to an aromatic ring is 1. The fourth-order valence-electron chi connectivity index (χ4n) is 2.33. The summed E-state index contributed by atoms with van der Waals surface area (Å²) in [6.45, 7) is 5.95. The minimum atomic E-state index is -0.289. The van der Waals surface area contributed by atoms with Crippen LogP contribution in [0.1, 0.15) is 27.0 Å². The van der Waals surface area contributed by atoms with E-state index in [0.29, 0.717) is 16.3 Å². The van der Waals surface area contributed by atoms with Gasteiger partial charge in [0.05, 0.1) is 10.6 Å². The second-order valence-electron chi connectivity index (χ2n) is 4.93. The predicted octanol–water partition coefficient (Wildman–Crippen LogP) is 4.10. The van der Waals surface area contributed by atoms with Crippen LogP contribution in [0.15, 0.2) is 30.3 Å². The molecule has 0 heterocycles. The van der Waals surface area contributed by atoms with Crippen molar-refractivity contribution in [1.29, 1.82) is 0 Å². The molecule has 20 heavy (non-hydrogen) atoms. The predicted molar refractivity (Wildman–Crippen MR) is 84.5 cm³/mol. The minimum Gasteiger partial charge on any atom is -0.398 e. The van der Waals surface area contributed by atoms with E-state index in [1.807, 2.05) is 32.9 Å². The molecule has 2 rings (SSSR count). The maximum atomic E-state index is 12.4. The second-order valence-corrected chi connectivity index (χ2v) is 5.34. The minimum absolute atomic E-state index is 0.289. The topological polar surface area (TPSA) is 55.1 Å². The lowest BCUT2D eigenvalue weighted by atomic mass is 10.0. The molecule has 0 bridgehead atoms. The molecule has 2 aromatic rings. The molecule has 0 aliphatic rings. The molecule has 3 nitrogen and oxygen atoms in total. The maximum Gasteiger partial charge on any atom is 0.259 e. The van der Waals surface area contributed by atoms with Crippen LogP contribution in [-0.4, -0.2) is 5.91 Å². The van der Waals surface area contributed by atoms with Gasteiger partial charge in [-0.3, -0.25) is 4.79 Å². The highest BCUT2D eigenvalue weighted by atomic mass is 35.5. The van der Waals surface area contributed by atoms with Crippen molar-refractivity contribution in [3.63, 3.8) is 0 Å². The van der Waals surface area contributed by atoms with Crippen LogP contribution in [0.2, 0.25) is 5.02 Å². The van der Waals surface area contributed by atoms with Crippen molar-refractivity contribution < 1.29 is 4.79 Å². The fourth-order valence-corrected chi connectivity index (χ4v) is 2.60. The molecule has 0 fully saturated rings. The molecule has 0 aliphatic carbocycles. The van der Waals surface area contributed by atoms with Gasteiger partial charge in [-0.05, 0) is 44.0 Å². The van der Waals surface area contributed by atoms with Gasteiger partial charge in [-0.25, -0.2) is 0 Å². The number of anilines is 2. The molecule has 0 aromatic heterocycles. The van der Waals surface area contributed by atoms with Gasteiger partial charge in [0.25, 0.3) is 5.91 Å². The van der Waals surface area contributed by atoms with E-state index >= 15 is 0 Å². The van der Waals surface area contributed by atoms with Crippen LogP contribution in [-0.2, 0) is 0 Å². The van der Waals surface area contributed by atoms with Crippen LogP contribution in [0, 0.1) is 20.8 Å². The molecular formula is C16H17ClN2O. The van der Waals surface area contributed by atoms with Crippen LogP contribution in [0.5, 0.6) is 0 Å². The third-order valence-corrected chi connectivity index (χ3v) is 3.50. The van der Waals surface area contributed by atoms with E-state index in [9.17, 15) is 4.79 Å². The first-order valence-electron chi connectivity index (χ1n) is 6.33. The summed E-state index contributed by atoms with van der Waals surface area (Å²) in [4.78, 5) is 12.4. The van der Waals surface area contributed by atoms with Crippen molar-refractivity contribution in [3.8, 4) is 0 Å². The molecule has 0 saturated carbocycles. The molecule has 2 aromatic carbocycles. The SMILES string of the molecule is Cc1cc(C)c(NC(=O)c2c(N)cccc2Cl)c(C)c1. The average molecular weight is 289 g/mol. The first-order valence-corrected chi connectivity index (χ1v) is 6.71. The van der Waals surface area contributed by atoms with E-state index in [2.05, 4.69) is 5.32 Å². The first-order chi connectivity index (χ1) is 9.40. The number of carbonyl (C=O) groups excluding carboxylic acids is 1. The molecule has 1 amide bonds. The zero-order chi connectivity index (χ0) is 14.9. The second kappa shape index (κ2) is 5.55. The van der Waals surface area contributed by atoms with E-state index in [4.69, 9.17) is 17.3 Å². The van der Waals surface area contributed by atoms with Gasteiger partial charge in [-0.1, -0.05) is 35.4 Å². The Hall–Kier alpha value is -2.00. The quantitative estimate of drug-likeness (QED) is 0.818. The van der Waals surface area contributed by atoms with E-state index in [1.165, 1.54) is 0 Å². The number of hydrogen-bond acceptors (Lipinski definition) is 2. The summed E-state index contributed by atoms with van der Waals surface area (Å²) in [7, 11) is 0. The van der Waals surface area contributed by atoms with Gasteiger partial charge < -0.3 is 11.1 Å².